The lowest BCUT2D eigenvalue weighted by Crippen LogP contribution is -1.90. The maximum absolute atomic E-state index is 5.22. The van der Waals surface area contributed by atoms with Gasteiger partial charge in [-0.1, -0.05) is 36.4 Å². The number of hydrogen-bond donors (Lipinski definition) is 4. The van der Waals surface area contributed by atoms with E-state index in [1.165, 1.54) is 0 Å². The molecular weight excluding hydrogens is 615 g/mol. The summed E-state index contributed by atoms with van der Waals surface area (Å²) >= 11 is 9.36. The van der Waals surface area contributed by atoms with Crippen molar-refractivity contribution in [2.75, 3.05) is 0 Å². The topological polar surface area (TPSA) is 57.4 Å². The first-order chi connectivity index (χ1) is 21.4. The zero-order chi connectivity index (χ0) is 29.7. The van der Waals surface area contributed by atoms with Crippen LogP contribution in [0.2, 0.25) is 0 Å². The summed E-state index contributed by atoms with van der Waals surface area (Å²) in [4.78, 5) is 19.7. The van der Waals surface area contributed by atoms with E-state index >= 15 is 0 Å². The normalized spacial score (nSPS) is 12.1. The van der Waals surface area contributed by atoms with Gasteiger partial charge in [-0.05, 0) is 71.3 Å². The molecule has 9 rings (SSSR count). The molecule has 44 heavy (non-hydrogen) atoms. The van der Waals surface area contributed by atoms with E-state index in [1.54, 1.807) is 0 Å². The van der Waals surface area contributed by atoms with Crippen molar-refractivity contribution in [2.24, 2.45) is 0 Å². The lowest BCUT2D eigenvalue weighted by Gasteiger charge is -2.01. The summed E-state index contributed by atoms with van der Waals surface area (Å²) in [5.74, 6) is 0. The van der Waals surface area contributed by atoms with Crippen LogP contribution in [0.1, 0.15) is 0 Å². The highest BCUT2D eigenvalue weighted by Crippen LogP contribution is 2.41. The van der Waals surface area contributed by atoms with Crippen molar-refractivity contribution in [2.45, 2.75) is 9.79 Å². The standard InChI is InChI=1S/C36H24N4P2S2/c41-17-1-5-21-25(9-17)33-16-34-26-10-18(42)2-6-22(26)31(38-34)14-35-28-12-20(44)4-8-24(28)32(40-35)15-36-27-11-19(43)3-7-23(27)30(39-36)13-29(21)37-33/h1-16,38-39,43-44H,41-42H2. The SMILES string of the molecule is Pc1ccc2c(c1)-c1cc3[nH]c(cc4nc(cc5[nH]c(cc-2n1)c1ccc(S)cc51)-c1ccc(S)cc1-4)c1ccc(P)cc31. The lowest BCUT2D eigenvalue weighted by atomic mass is 10.0. The third-order valence-electron chi connectivity index (χ3n) is 8.50. The summed E-state index contributed by atoms with van der Waals surface area (Å²) in [6.45, 7) is 0. The van der Waals surface area contributed by atoms with E-state index in [-0.39, 0.29) is 0 Å². The van der Waals surface area contributed by atoms with Gasteiger partial charge in [-0.25, -0.2) is 9.97 Å². The lowest BCUT2D eigenvalue weighted by molar-refractivity contribution is 1.40. The monoisotopic (exact) mass is 638 g/mol. The van der Waals surface area contributed by atoms with Gasteiger partial charge in [-0.2, -0.15) is 0 Å². The van der Waals surface area contributed by atoms with Crippen LogP contribution in [0.15, 0.2) is 107 Å². The predicted molar refractivity (Wildman–Crippen MR) is 198 cm³/mol. The van der Waals surface area contributed by atoms with Crippen molar-refractivity contribution in [3.8, 4) is 45.0 Å². The number of benzene rings is 4. The second-order valence-corrected chi connectivity index (χ2v) is 13.7. The third-order valence-corrected chi connectivity index (χ3v) is 9.78. The molecule has 2 atom stereocenters. The first-order valence-electron chi connectivity index (χ1n) is 14.2. The number of nitrogens with zero attached hydrogens (tertiary/aromatic N) is 2. The van der Waals surface area contributed by atoms with Crippen LogP contribution in [0.3, 0.4) is 0 Å². The van der Waals surface area contributed by atoms with E-state index in [1.807, 2.05) is 12.1 Å². The molecule has 5 heterocycles. The molecule has 2 unspecified atom stereocenters. The molecule has 210 valence electrons. The van der Waals surface area contributed by atoms with Crippen molar-refractivity contribution >= 4 is 98.0 Å². The maximum atomic E-state index is 5.22. The van der Waals surface area contributed by atoms with E-state index in [2.05, 4.69) is 139 Å². The third kappa shape index (κ3) is 4.17. The van der Waals surface area contributed by atoms with Crippen molar-refractivity contribution in [1.29, 1.82) is 0 Å². The molecule has 2 aliphatic rings. The van der Waals surface area contributed by atoms with E-state index in [9.17, 15) is 0 Å². The molecule has 7 aromatic rings. The van der Waals surface area contributed by atoms with Crippen molar-refractivity contribution in [3.63, 3.8) is 0 Å². The minimum Gasteiger partial charge on any atom is -0.354 e. The number of thiol groups is 2. The van der Waals surface area contributed by atoms with E-state index < -0.39 is 0 Å². The van der Waals surface area contributed by atoms with Gasteiger partial charge in [0.2, 0.25) is 0 Å². The highest BCUT2D eigenvalue weighted by Gasteiger charge is 2.20. The molecule has 2 N–H and O–H groups in total. The average molecular weight is 639 g/mol. The Kier molecular flexibility index (Phi) is 5.89. The molecule has 8 bridgehead atoms. The Morgan fingerprint density at radius 3 is 1.50 bits per heavy atom. The number of nitrogens with one attached hydrogen (secondary N) is 2. The quantitative estimate of drug-likeness (QED) is 0.0991. The highest BCUT2D eigenvalue weighted by atomic mass is 32.1. The number of fused-ring (bicyclic) bond motifs is 20. The molecule has 0 amide bonds. The molecule has 8 heteroatoms. The molecule has 3 aromatic heterocycles. The number of rotatable bonds is 0. The second-order valence-electron chi connectivity index (χ2n) is 11.3. The average Bonchev–Trinajstić information content (AvgIpc) is 3.71. The van der Waals surface area contributed by atoms with Gasteiger partial charge in [-0.15, -0.1) is 43.7 Å². The smallest absolute Gasteiger partial charge is 0.0737 e. The Labute approximate surface area is 268 Å². The van der Waals surface area contributed by atoms with Gasteiger partial charge in [0, 0.05) is 75.7 Å². The number of H-pyrrole nitrogens is 2. The van der Waals surface area contributed by atoms with Crippen LogP contribution in [0, 0.1) is 0 Å². The van der Waals surface area contributed by atoms with Gasteiger partial charge in [0.1, 0.15) is 0 Å². The van der Waals surface area contributed by atoms with Gasteiger partial charge < -0.3 is 9.97 Å². The molecule has 0 aliphatic carbocycles. The van der Waals surface area contributed by atoms with Crippen LogP contribution >= 0.6 is 43.7 Å². The first-order valence-corrected chi connectivity index (χ1v) is 16.2. The van der Waals surface area contributed by atoms with Crippen LogP contribution in [0.25, 0.3) is 88.6 Å². The van der Waals surface area contributed by atoms with Crippen LogP contribution in [0.5, 0.6) is 0 Å². The van der Waals surface area contributed by atoms with Crippen molar-refractivity contribution in [3.05, 3.63) is 97.1 Å². The fraction of sp³-hybridized carbons (Fsp3) is 0. The van der Waals surface area contributed by atoms with E-state index in [4.69, 9.17) is 9.97 Å². The van der Waals surface area contributed by atoms with E-state index in [0.717, 1.165) is 109 Å². The number of aromatic nitrogens is 4. The molecule has 0 spiro atoms. The summed E-state index contributed by atoms with van der Waals surface area (Å²) < 4.78 is 0. The summed E-state index contributed by atoms with van der Waals surface area (Å²) in [6, 6.07) is 34.1. The van der Waals surface area contributed by atoms with Crippen molar-refractivity contribution < 1.29 is 0 Å². The van der Waals surface area contributed by atoms with Gasteiger partial charge in [0.15, 0.2) is 0 Å². The van der Waals surface area contributed by atoms with Gasteiger partial charge in [0.25, 0.3) is 0 Å². The minimum absolute atomic E-state index is 0.892. The molecular formula is C36H24N4P2S2. The Morgan fingerprint density at radius 1 is 0.409 bits per heavy atom. The van der Waals surface area contributed by atoms with Crippen molar-refractivity contribution in [1.82, 2.24) is 19.9 Å². The van der Waals surface area contributed by atoms with Gasteiger partial charge in [-0.3, -0.25) is 0 Å². The molecule has 0 saturated carbocycles. The summed E-state index contributed by atoms with van der Waals surface area (Å²) in [7, 11) is 5.65. The molecule has 0 saturated heterocycles. The van der Waals surface area contributed by atoms with Crippen LogP contribution in [0.4, 0.5) is 0 Å². The fourth-order valence-electron chi connectivity index (χ4n) is 6.48. The van der Waals surface area contributed by atoms with E-state index in [0.29, 0.717) is 0 Å². The highest BCUT2D eigenvalue weighted by molar-refractivity contribution is 7.80. The number of hydrogen-bond acceptors (Lipinski definition) is 4. The first kappa shape index (κ1) is 26.5. The molecule has 4 aromatic carbocycles. The summed E-state index contributed by atoms with van der Waals surface area (Å²) in [5.41, 5.74) is 12.0. The molecule has 4 nitrogen and oxygen atoms in total. The molecule has 0 radical (unpaired) electrons. The maximum Gasteiger partial charge on any atom is 0.0737 e. The van der Waals surface area contributed by atoms with Crippen LogP contribution in [-0.2, 0) is 0 Å². The Bertz CT molecular complexity index is 2570. The zero-order valence-electron chi connectivity index (χ0n) is 23.2. The fourth-order valence-corrected chi connectivity index (χ4v) is 7.41. The largest absolute Gasteiger partial charge is 0.354 e. The van der Waals surface area contributed by atoms with Crippen LogP contribution in [-0.4, -0.2) is 19.9 Å². The molecule has 0 fully saturated rings. The Morgan fingerprint density at radius 2 is 0.841 bits per heavy atom. The Hall–Kier alpha value is -3.92. The summed E-state index contributed by atoms with van der Waals surface area (Å²) in [5, 5.41) is 6.70. The predicted octanol–water partition coefficient (Wildman–Crippen LogP) is 8.87. The second kappa shape index (κ2) is 9.79. The zero-order valence-corrected chi connectivity index (χ0v) is 27.3. The van der Waals surface area contributed by atoms with Crippen LogP contribution < -0.4 is 10.6 Å². The van der Waals surface area contributed by atoms with Gasteiger partial charge in [0.05, 0.1) is 22.8 Å². The summed E-state index contributed by atoms with van der Waals surface area (Å²) in [6.07, 6.45) is 0. The minimum atomic E-state index is 0.892. The Balaban J connectivity index is 1.51. The van der Waals surface area contributed by atoms with Gasteiger partial charge >= 0.3 is 0 Å². The molecule has 2 aliphatic heterocycles. The number of aromatic amines is 2.